The molecule has 0 aromatic rings. The predicted octanol–water partition coefficient (Wildman–Crippen LogP) is -0.137. The molecule has 0 aromatic carbocycles. The molecule has 2 aliphatic carbocycles. The highest BCUT2D eigenvalue weighted by molar-refractivity contribution is 5.81. The van der Waals surface area contributed by atoms with Gasteiger partial charge in [0.1, 0.15) is 0 Å². The quantitative estimate of drug-likeness (QED) is 0.639. The Hall–Kier alpha value is -1.10. The summed E-state index contributed by atoms with van der Waals surface area (Å²) in [4.78, 5) is 25.1. The van der Waals surface area contributed by atoms with Gasteiger partial charge < -0.3 is 15.5 Å². The Morgan fingerprint density at radius 3 is 2.43 bits per heavy atom. The Morgan fingerprint density at radius 1 is 1.14 bits per heavy atom. The van der Waals surface area contributed by atoms with Crippen LogP contribution in [0.2, 0.25) is 0 Å². The minimum Gasteiger partial charge on any atom is -0.348 e. The van der Waals surface area contributed by atoms with Crippen LogP contribution in [0.4, 0.5) is 0 Å². The molecule has 4 atom stereocenters. The maximum Gasteiger partial charge on any atom is 0.278 e. The molecule has 2 rings (SSSR count). The van der Waals surface area contributed by atoms with Crippen LogP contribution in [-0.4, -0.2) is 43.5 Å². The molecular weight excluding hydrogens is 266 g/mol. The Kier molecular flexibility index (Phi) is 5.62. The van der Waals surface area contributed by atoms with Crippen molar-refractivity contribution in [2.75, 3.05) is 13.6 Å². The van der Waals surface area contributed by atoms with E-state index in [2.05, 4.69) is 17.6 Å². The third kappa shape index (κ3) is 4.99. The van der Waals surface area contributed by atoms with Crippen LogP contribution in [0.3, 0.4) is 0 Å². The first kappa shape index (κ1) is 16.3. The molecule has 2 aliphatic rings. The Bertz CT molecular complexity index is 382. The summed E-state index contributed by atoms with van der Waals surface area (Å²) >= 11 is 0. The van der Waals surface area contributed by atoms with E-state index in [4.69, 9.17) is 0 Å². The first-order valence-electron chi connectivity index (χ1n) is 8.39. The Morgan fingerprint density at radius 2 is 1.81 bits per heavy atom. The average Bonchev–Trinajstić information content (AvgIpc) is 3.24. The van der Waals surface area contributed by atoms with E-state index in [0.717, 1.165) is 24.2 Å². The molecule has 3 N–H and O–H groups in total. The van der Waals surface area contributed by atoms with Crippen LogP contribution >= 0.6 is 0 Å². The molecule has 5 heteroatoms. The highest BCUT2D eigenvalue weighted by atomic mass is 16.2. The zero-order valence-corrected chi connectivity index (χ0v) is 13.6. The molecule has 0 aromatic heterocycles. The lowest BCUT2D eigenvalue weighted by Crippen LogP contribution is -3.15. The lowest BCUT2D eigenvalue weighted by Gasteiger charge is -2.31. The van der Waals surface area contributed by atoms with Crippen molar-refractivity contribution in [1.82, 2.24) is 10.6 Å². The van der Waals surface area contributed by atoms with Crippen molar-refractivity contribution in [3.05, 3.63) is 0 Å². The largest absolute Gasteiger partial charge is 0.348 e. The second kappa shape index (κ2) is 7.25. The Balaban J connectivity index is 1.75. The summed E-state index contributed by atoms with van der Waals surface area (Å²) < 4.78 is 0. The van der Waals surface area contributed by atoms with Gasteiger partial charge in [0.2, 0.25) is 0 Å². The molecule has 120 valence electrons. The zero-order chi connectivity index (χ0) is 15.4. The number of hydrogen-bond acceptors (Lipinski definition) is 2. The number of amides is 2. The van der Waals surface area contributed by atoms with E-state index >= 15 is 0 Å². The molecular formula is C16H30N3O2+. The van der Waals surface area contributed by atoms with Crippen molar-refractivity contribution in [2.45, 2.75) is 70.5 Å². The van der Waals surface area contributed by atoms with E-state index in [-0.39, 0.29) is 17.9 Å². The van der Waals surface area contributed by atoms with Gasteiger partial charge in [-0.2, -0.15) is 0 Å². The van der Waals surface area contributed by atoms with Gasteiger partial charge >= 0.3 is 0 Å². The van der Waals surface area contributed by atoms with E-state index in [1.807, 2.05) is 14.0 Å². The lowest BCUT2D eigenvalue weighted by atomic mass is 9.86. The van der Waals surface area contributed by atoms with Gasteiger partial charge in [-0.3, -0.25) is 9.59 Å². The second-order valence-electron chi connectivity index (χ2n) is 6.96. The summed E-state index contributed by atoms with van der Waals surface area (Å²) in [5, 5.41) is 6.16. The van der Waals surface area contributed by atoms with Crippen molar-refractivity contribution in [1.29, 1.82) is 0 Å². The number of quaternary nitrogens is 1. The Labute approximate surface area is 127 Å². The summed E-state index contributed by atoms with van der Waals surface area (Å²) in [6.07, 6.45) is 6.96. The van der Waals surface area contributed by atoms with Crippen molar-refractivity contribution in [3.63, 3.8) is 0 Å². The first-order chi connectivity index (χ1) is 9.97. The lowest BCUT2D eigenvalue weighted by molar-refractivity contribution is -0.886. The molecule has 2 saturated carbocycles. The van der Waals surface area contributed by atoms with Gasteiger partial charge in [0, 0.05) is 12.1 Å². The topological polar surface area (TPSA) is 62.6 Å². The van der Waals surface area contributed by atoms with Crippen LogP contribution in [0.15, 0.2) is 0 Å². The number of carbonyl (C=O) groups is 2. The fourth-order valence-electron chi connectivity index (χ4n) is 2.97. The van der Waals surface area contributed by atoms with Gasteiger partial charge in [-0.15, -0.1) is 0 Å². The SMILES string of the molecule is C[C@H](C(=O)N[C@@H]1CCCC[C@@H]1C)[NH+](C)CC(=O)NC1CC1. The van der Waals surface area contributed by atoms with Gasteiger partial charge in [0.25, 0.3) is 11.8 Å². The zero-order valence-electron chi connectivity index (χ0n) is 13.6. The van der Waals surface area contributed by atoms with E-state index in [9.17, 15) is 9.59 Å². The summed E-state index contributed by atoms with van der Waals surface area (Å²) in [5.41, 5.74) is 0. The molecule has 0 spiro atoms. The highest BCUT2D eigenvalue weighted by Crippen LogP contribution is 2.23. The molecule has 5 nitrogen and oxygen atoms in total. The molecule has 0 saturated heterocycles. The van der Waals surface area contributed by atoms with Crippen LogP contribution in [-0.2, 0) is 9.59 Å². The van der Waals surface area contributed by atoms with Crippen LogP contribution in [0.1, 0.15) is 52.4 Å². The third-order valence-electron chi connectivity index (χ3n) is 4.95. The minimum absolute atomic E-state index is 0.0562. The van der Waals surface area contributed by atoms with Crippen molar-refractivity contribution in [3.8, 4) is 0 Å². The number of carbonyl (C=O) groups excluding carboxylic acids is 2. The maximum absolute atomic E-state index is 12.4. The standard InChI is InChI=1S/C16H29N3O2/c1-11-6-4-5-7-14(11)18-16(21)12(2)19(3)10-15(20)17-13-8-9-13/h11-14H,4-10H2,1-3H3,(H,17,20)(H,18,21)/p+1/t11-,12+,14+/m0/s1. The number of rotatable bonds is 6. The van der Waals surface area contributed by atoms with E-state index < -0.39 is 0 Å². The van der Waals surface area contributed by atoms with Gasteiger partial charge in [0.15, 0.2) is 12.6 Å². The summed E-state index contributed by atoms with van der Waals surface area (Å²) in [7, 11) is 1.92. The van der Waals surface area contributed by atoms with Gasteiger partial charge in [0.05, 0.1) is 7.05 Å². The van der Waals surface area contributed by atoms with Gasteiger partial charge in [-0.05, 0) is 38.5 Å². The van der Waals surface area contributed by atoms with Crippen LogP contribution < -0.4 is 15.5 Å². The third-order valence-corrected chi connectivity index (χ3v) is 4.95. The van der Waals surface area contributed by atoms with Gasteiger partial charge in [-0.25, -0.2) is 0 Å². The first-order valence-corrected chi connectivity index (χ1v) is 8.39. The fourth-order valence-corrected chi connectivity index (χ4v) is 2.97. The molecule has 2 amide bonds. The van der Waals surface area contributed by atoms with Crippen molar-refractivity contribution in [2.24, 2.45) is 5.92 Å². The van der Waals surface area contributed by atoms with E-state index in [0.29, 0.717) is 24.5 Å². The summed E-state index contributed by atoms with van der Waals surface area (Å²) in [5.74, 6) is 0.694. The van der Waals surface area contributed by atoms with Crippen molar-refractivity contribution < 1.29 is 14.5 Å². The number of hydrogen-bond donors (Lipinski definition) is 3. The number of nitrogens with one attached hydrogen (secondary N) is 3. The summed E-state index contributed by atoms with van der Waals surface area (Å²) in [6.45, 7) is 4.49. The minimum atomic E-state index is -0.191. The van der Waals surface area contributed by atoms with Crippen LogP contribution in [0.25, 0.3) is 0 Å². The molecule has 0 aliphatic heterocycles. The molecule has 0 radical (unpaired) electrons. The fraction of sp³-hybridized carbons (Fsp3) is 0.875. The second-order valence-corrected chi connectivity index (χ2v) is 6.96. The number of likely N-dealkylation sites (N-methyl/N-ethyl adjacent to an activating group) is 1. The monoisotopic (exact) mass is 296 g/mol. The molecule has 0 bridgehead atoms. The average molecular weight is 296 g/mol. The molecule has 21 heavy (non-hydrogen) atoms. The maximum atomic E-state index is 12.4. The predicted molar refractivity (Wildman–Crippen MR) is 81.9 cm³/mol. The van der Waals surface area contributed by atoms with Gasteiger partial charge in [-0.1, -0.05) is 19.8 Å². The van der Waals surface area contributed by atoms with Crippen LogP contribution in [0, 0.1) is 5.92 Å². The molecule has 0 heterocycles. The normalized spacial score (nSPS) is 28.5. The van der Waals surface area contributed by atoms with E-state index in [1.54, 1.807) is 0 Å². The van der Waals surface area contributed by atoms with Crippen molar-refractivity contribution >= 4 is 11.8 Å². The molecule has 2 fully saturated rings. The van der Waals surface area contributed by atoms with Crippen LogP contribution in [0.5, 0.6) is 0 Å². The van der Waals surface area contributed by atoms with E-state index in [1.165, 1.54) is 19.3 Å². The molecule has 1 unspecified atom stereocenters. The summed E-state index contributed by atoms with van der Waals surface area (Å²) in [6, 6.07) is 0.503. The smallest absolute Gasteiger partial charge is 0.278 e. The highest BCUT2D eigenvalue weighted by Gasteiger charge is 2.30.